The van der Waals surface area contributed by atoms with Crippen LogP contribution < -0.4 is 14.8 Å². The molecule has 0 spiro atoms. The van der Waals surface area contributed by atoms with Crippen molar-refractivity contribution < 1.29 is 19.1 Å². The summed E-state index contributed by atoms with van der Waals surface area (Å²) in [6.45, 7) is 2.08. The van der Waals surface area contributed by atoms with E-state index >= 15 is 0 Å². The van der Waals surface area contributed by atoms with Crippen LogP contribution >= 0.6 is 23.2 Å². The number of amides is 2. The number of hydrogen-bond donors (Lipinski definition) is 1. The second kappa shape index (κ2) is 13.0. The molecule has 2 amide bonds. The van der Waals surface area contributed by atoms with Gasteiger partial charge < -0.3 is 19.7 Å². The zero-order valence-corrected chi connectivity index (χ0v) is 22.1. The van der Waals surface area contributed by atoms with Crippen LogP contribution in [0.25, 0.3) is 0 Å². The Morgan fingerprint density at radius 3 is 2.31 bits per heavy atom. The molecule has 6 nitrogen and oxygen atoms in total. The lowest BCUT2D eigenvalue weighted by Crippen LogP contribution is -2.51. The average molecular weight is 521 g/mol. The topological polar surface area (TPSA) is 67.9 Å². The van der Waals surface area contributed by atoms with Crippen LogP contribution in [-0.2, 0) is 22.6 Å². The third kappa shape index (κ3) is 7.05. The van der Waals surface area contributed by atoms with Crippen LogP contribution in [0.5, 0.6) is 11.5 Å². The third-order valence-corrected chi connectivity index (χ3v) is 7.26. The molecule has 2 aromatic carbocycles. The Morgan fingerprint density at radius 1 is 1.06 bits per heavy atom. The summed E-state index contributed by atoms with van der Waals surface area (Å²) in [4.78, 5) is 28.5. The highest BCUT2D eigenvalue weighted by atomic mass is 35.5. The Morgan fingerprint density at radius 2 is 1.71 bits per heavy atom. The number of aryl methyl sites for hydroxylation is 1. The Kier molecular flexibility index (Phi) is 10.1. The molecule has 2 aromatic rings. The van der Waals surface area contributed by atoms with Crippen molar-refractivity contribution in [2.75, 3.05) is 14.2 Å². The molecule has 1 N–H and O–H groups in total. The molecule has 8 heteroatoms. The first-order chi connectivity index (χ1) is 16.9. The van der Waals surface area contributed by atoms with Crippen molar-refractivity contribution >= 4 is 35.0 Å². The first kappa shape index (κ1) is 27.2. The molecule has 3 rings (SSSR count). The number of benzene rings is 2. The monoisotopic (exact) mass is 520 g/mol. The second-order valence-electron chi connectivity index (χ2n) is 8.83. The number of halogens is 2. The number of hydrogen-bond acceptors (Lipinski definition) is 4. The van der Waals surface area contributed by atoms with E-state index in [-0.39, 0.29) is 30.8 Å². The first-order valence-electron chi connectivity index (χ1n) is 12.1. The lowest BCUT2D eigenvalue weighted by Gasteiger charge is -2.32. The number of nitrogens with one attached hydrogen (secondary N) is 1. The van der Waals surface area contributed by atoms with E-state index in [9.17, 15) is 9.59 Å². The number of methoxy groups -OCH3 is 2. The fourth-order valence-corrected chi connectivity index (χ4v) is 5.09. The van der Waals surface area contributed by atoms with Gasteiger partial charge in [0.2, 0.25) is 11.8 Å². The highest BCUT2D eigenvalue weighted by molar-refractivity contribution is 6.36. The smallest absolute Gasteiger partial charge is 0.243 e. The molecule has 1 aliphatic rings. The number of rotatable bonds is 11. The van der Waals surface area contributed by atoms with Crippen LogP contribution in [0.4, 0.5) is 0 Å². The van der Waals surface area contributed by atoms with Gasteiger partial charge >= 0.3 is 0 Å². The third-order valence-electron chi connectivity index (χ3n) is 6.55. The van der Waals surface area contributed by atoms with E-state index < -0.39 is 6.04 Å². The molecule has 1 saturated carbocycles. The van der Waals surface area contributed by atoms with E-state index in [1.807, 2.05) is 25.1 Å². The molecule has 0 bridgehead atoms. The summed E-state index contributed by atoms with van der Waals surface area (Å²) in [7, 11) is 3.16. The molecule has 0 aromatic heterocycles. The van der Waals surface area contributed by atoms with Gasteiger partial charge in [-0.05, 0) is 55.5 Å². The minimum atomic E-state index is -0.610. The van der Waals surface area contributed by atoms with Crippen LogP contribution in [0.2, 0.25) is 10.0 Å². The van der Waals surface area contributed by atoms with Gasteiger partial charge in [-0.25, -0.2) is 0 Å². The molecule has 1 atom stereocenters. The molecule has 35 heavy (non-hydrogen) atoms. The van der Waals surface area contributed by atoms with E-state index in [4.69, 9.17) is 32.7 Å². The van der Waals surface area contributed by atoms with E-state index in [0.29, 0.717) is 39.9 Å². The number of nitrogens with zero attached hydrogens (tertiary/aromatic N) is 1. The van der Waals surface area contributed by atoms with Crippen LogP contribution in [-0.4, -0.2) is 43.0 Å². The summed E-state index contributed by atoms with van der Waals surface area (Å²) in [5, 5.41) is 4.10. The minimum absolute atomic E-state index is 0.123. The van der Waals surface area contributed by atoms with Crippen LogP contribution in [0.1, 0.15) is 56.6 Å². The Balaban J connectivity index is 1.81. The predicted octanol–water partition coefficient (Wildman–Crippen LogP) is 5.81. The van der Waals surface area contributed by atoms with Crippen molar-refractivity contribution in [1.29, 1.82) is 0 Å². The van der Waals surface area contributed by atoms with E-state index in [0.717, 1.165) is 31.2 Å². The summed E-state index contributed by atoms with van der Waals surface area (Å²) in [5.41, 5.74) is 1.58. The zero-order valence-electron chi connectivity index (χ0n) is 20.6. The van der Waals surface area contributed by atoms with Crippen LogP contribution in [0.3, 0.4) is 0 Å². The summed E-state index contributed by atoms with van der Waals surface area (Å²) >= 11 is 12.9. The van der Waals surface area contributed by atoms with E-state index in [1.54, 1.807) is 37.3 Å². The van der Waals surface area contributed by atoms with Gasteiger partial charge in [-0.2, -0.15) is 0 Å². The number of ether oxygens (including phenoxy) is 2. The van der Waals surface area contributed by atoms with Crippen molar-refractivity contribution in [1.82, 2.24) is 10.2 Å². The Labute approximate surface area is 217 Å². The Hall–Kier alpha value is -2.44. The fourth-order valence-electron chi connectivity index (χ4n) is 4.57. The van der Waals surface area contributed by atoms with Gasteiger partial charge in [0.05, 0.1) is 14.2 Å². The SMILES string of the molecule is CC[C@@H](C(=O)NC1CCCC1)N(Cc1c(Cl)cccc1Cl)C(=O)CCc1ccc(OC)c(OC)c1. The Bertz CT molecular complexity index is 1000. The summed E-state index contributed by atoms with van der Waals surface area (Å²) < 4.78 is 10.7. The fraction of sp³-hybridized carbons (Fsp3) is 0.481. The minimum Gasteiger partial charge on any atom is -0.493 e. The second-order valence-corrected chi connectivity index (χ2v) is 9.64. The van der Waals surface area contributed by atoms with Gasteiger partial charge in [0, 0.05) is 34.6 Å². The maximum atomic E-state index is 13.6. The van der Waals surface area contributed by atoms with Gasteiger partial charge in [-0.1, -0.05) is 55.1 Å². The summed E-state index contributed by atoms with van der Waals surface area (Å²) in [5.74, 6) is 0.984. The molecule has 190 valence electrons. The van der Waals surface area contributed by atoms with Crippen molar-refractivity contribution in [3.8, 4) is 11.5 Å². The summed E-state index contributed by atoms with van der Waals surface area (Å²) in [6.07, 6.45) is 5.40. The highest BCUT2D eigenvalue weighted by Crippen LogP contribution is 2.30. The van der Waals surface area contributed by atoms with E-state index in [1.165, 1.54) is 0 Å². The molecule has 0 heterocycles. The summed E-state index contributed by atoms with van der Waals surface area (Å²) in [6, 6.07) is 10.4. The van der Waals surface area contributed by atoms with Gasteiger partial charge in [-0.3, -0.25) is 9.59 Å². The normalized spacial score (nSPS) is 14.4. The largest absolute Gasteiger partial charge is 0.493 e. The molecular weight excluding hydrogens is 487 g/mol. The lowest BCUT2D eigenvalue weighted by molar-refractivity contribution is -0.141. The molecular formula is C27H34Cl2N2O4. The maximum Gasteiger partial charge on any atom is 0.243 e. The van der Waals surface area contributed by atoms with Gasteiger partial charge in [0.25, 0.3) is 0 Å². The molecule has 1 aliphatic carbocycles. The number of carbonyl (C=O) groups is 2. The predicted molar refractivity (Wildman–Crippen MR) is 139 cm³/mol. The van der Waals surface area contributed by atoms with Crippen LogP contribution in [0, 0.1) is 0 Å². The zero-order chi connectivity index (χ0) is 25.4. The molecule has 0 radical (unpaired) electrons. The van der Waals surface area contributed by atoms with Crippen molar-refractivity contribution in [2.45, 2.75) is 70.5 Å². The molecule has 1 fully saturated rings. The standard InChI is InChI=1S/C27H34Cl2N2O4/c1-4-23(27(33)30-19-8-5-6-9-19)31(17-20-21(28)10-7-11-22(20)29)26(32)15-13-18-12-14-24(34-2)25(16-18)35-3/h7,10-12,14,16,19,23H,4-6,8-9,13,15,17H2,1-3H3,(H,30,33)/t23-/m0/s1. The molecule has 0 aliphatic heterocycles. The van der Waals surface area contributed by atoms with Crippen molar-refractivity contribution in [2.24, 2.45) is 0 Å². The van der Waals surface area contributed by atoms with E-state index in [2.05, 4.69) is 5.32 Å². The number of carbonyl (C=O) groups excluding carboxylic acids is 2. The highest BCUT2D eigenvalue weighted by Gasteiger charge is 2.31. The maximum absolute atomic E-state index is 13.6. The molecule has 0 unspecified atom stereocenters. The quantitative estimate of drug-likeness (QED) is 0.405. The van der Waals surface area contributed by atoms with Gasteiger partial charge in [0.15, 0.2) is 11.5 Å². The lowest BCUT2D eigenvalue weighted by atomic mass is 10.0. The van der Waals surface area contributed by atoms with Crippen LogP contribution in [0.15, 0.2) is 36.4 Å². The van der Waals surface area contributed by atoms with Gasteiger partial charge in [-0.15, -0.1) is 0 Å². The first-order valence-corrected chi connectivity index (χ1v) is 12.9. The van der Waals surface area contributed by atoms with Gasteiger partial charge in [0.1, 0.15) is 6.04 Å². The van der Waals surface area contributed by atoms with Crippen molar-refractivity contribution in [3.05, 3.63) is 57.6 Å². The molecule has 0 saturated heterocycles. The van der Waals surface area contributed by atoms with Crippen molar-refractivity contribution in [3.63, 3.8) is 0 Å². The average Bonchev–Trinajstić information content (AvgIpc) is 3.36.